The van der Waals surface area contributed by atoms with Crippen LogP contribution in [-0.2, 0) is 4.79 Å². The van der Waals surface area contributed by atoms with E-state index in [0.29, 0.717) is 19.7 Å². The van der Waals surface area contributed by atoms with Gasteiger partial charge < -0.3 is 20.1 Å². The normalized spacial score (nSPS) is 18.8. The molecule has 19 heavy (non-hydrogen) atoms. The summed E-state index contributed by atoms with van der Waals surface area (Å²) in [6.07, 6.45) is -0.145. The first-order chi connectivity index (χ1) is 9.11. The van der Waals surface area contributed by atoms with Crippen LogP contribution in [0.25, 0.3) is 0 Å². The molecule has 2 unspecified atom stereocenters. The SMILES string of the molecule is CC(CN)C(=O)N(C)CC1COc2ccccc2O1. The van der Waals surface area contributed by atoms with Crippen molar-refractivity contribution in [1.29, 1.82) is 0 Å². The van der Waals surface area contributed by atoms with E-state index in [0.717, 1.165) is 11.5 Å². The van der Waals surface area contributed by atoms with E-state index in [4.69, 9.17) is 15.2 Å². The highest BCUT2D eigenvalue weighted by atomic mass is 16.6. The van der Waals surface area contributed by atoms with Gasteiger partial charge in [0.2, 0.25) is 5.91 Å². The first-order valence-electron chi connectivity index (χ1n) is 6.45. The average Bonchev–Trinajstić information content (AvgIpc) is 2.45. The molecule has 1 amide bonds. The lowest BCUT2D eigenvalue weighted by atomic mass is 10.1. The number of hydrogen-bond donors (Lipinski definition) is 1. The van der Waals surface area contributed by atoms with E-state index < -0.39 is 0 Å². The molecule has 2 rings (SSSR count). The van der Waals surface area contributed by atoms with Crippen molar-refractivity contribution in [3.63, 3.8) is 0 Å². The third kappa shape index (κ3) is 3.17. The molecule has 1 aromatic carbocycles. The fourth-order valence-corrected chi connectivity index (χ4v) is 2.03. The van der Waals surface area contributed by atoms with Crippen LogP contribution in [0, 0.1) is 5.92 Å². The number of nitrogens with zero attached hydrogens (tertiary/aromatic N) is 1. The largest absolute Gasteiger partial charge is 0.486 e. The van der Waals surface area contributed by atoms with Crippen LogP contribution in [-0.4, -0.2) is 43.7 Å². The second kappa shape index (κ2) is 5.93. The number of para-hydroxylation sites is 2. The summed E-state index contributed by atoms with van der Waals surface area (Å²) in [6.45, 7) is 3.13. The molecule has 1 heterocycles. The van der Waals surface area contributed by atoms with Crippen molar-refractivity contribution in [1.82, 2.24) is 4.90 Å². The fourth-order valence-electron chi connectivity index (χ4n) is 2.03. The van der Waals surface area contributed by atoms with Gasteiger partial charge in [0, 0.05) is 19.5 Å². The highest BCUT2D eigenvalue weighted by Crippen LogP contribution is 2.30. The maximum absolute atomic E-state index is 11.9. The van der Waals surface area contributed by atoms with Crippen LogP contribution in [0.5, 0.6) is 11.5 Å². The minimum Gasteiger partial charge on any atom is -0.486 e. The first kappa shape index (κ1) is 13.7. The summed E-state index contributed by atoms with van der Waals surface area (Å²) in [4.78, 5) is 13.6. The predicted molar refractivity (Wildman–Crippen MR) is 72.2 cm³/mol. The van der Waals surface area contributed by atoms with Gasteiger partial charge in [-0.15, -0.1) is 0 Å². The molecule has 0 bridgehead atoms. The number of nitrogens with two attached hydrogens (primary N) is 1. The Hall–Kier alpha value is -1.75. The lowest BCUT2D eigenvalue weighted by molar-refractivity contribution is -0.134. The number of ether oxygens (including phenoxy) is 2. The van der Waals surface area contributed by atoms with Gasteiger partial charge in [-0.3, -0.25) is 4.79 Å². The van der Waals surface area contributed by atoms with E-state index in [1.165, 1.54) is 0 Å². The third-order valence-electron chi connectivity index (χ3n) is 3.20. The Labute approximate surface area is 113 Å². The molecule has 0 radical (unpaired) electrons. The molecular formula is C14H20N2O3. The Kier molecular flexibility index (Phi) is 4.27. The summed E-state index contributed by atoms with van der Waals surface area (Å²) in [5.74, 6) is 1.35. The molecule has 2 atom stereocenters. The van der Waals surface area contributed by atoms with E-state index >= 15 is 0 Å². The minimum absolute atomic E-state index is 0.0324. The van der Waals surface area contributed by atoms with Crippen LogP contribution < -0.4 is 15.2 Å². The lowest BCUT2D eigenvalue weighted by Gasteiger charge is -2.30. The summed E-state index contributed by atoms with van der Waals surface area (Å²) >= 11 is 0. The van der Waals surface area contributed by atoms with Gasteiger partial charge in [-0.25, -0.2) is 0 Å². The van der Waals surface area contributed by atoms with E-state index in [1.807, 2.05) is 31.2 Å². The van der Waals surface area contributed by atoms with Crippen LogP contribution in [0.15, 0.2) is 24.3 Å². The van der Waals surface area contributed by atoms with Crippen molar-refractivity contribution < 1.29 is 14.3 Å². The van der Waals surface area contributed by atoms with Crippen LogP contribution in [0.4, 0.5) is 0 Å². The highest BCUT2D eigenvalue weighted by Gasteiger charge is 2.25. The summed E-state index contributed by atoms with van der Waals surface area (Å²) in [6, 6.07) is 7.54. The molecule has 0 spiro atoms. The Balaban J connectivity index is 1.93. The Morgan fingerprint density at radius 1 is 1.47 bits per heavy atom. The average molecular weight is 264 g/mol. The van der Waals surface area contributed by atoms with Crippen molar-refractivity contribution in [2.45, 2.75) is 13.0 Å². The predicted octanol–water partition coefficient (Wildman–Crippen LogP) is 0.880. The Morgan fingerprint density at radius 2 is 2.16 bits per heavy atom. The highest BCUT2D eigenvalue weighted by molar-refractivity contribution is 5.78. The fraction of sp³-hybridized carbons (Fsp3) is 0.500. The third-order valence-corrected chi connectivity index (χ3v) is 3.20. The molecule has 2 N–H and O–H groups in total. The molecule has 5 heteroatoms. The topological polar surface area (TPSA) is 64.8 Å². The van der Waals surface area contributed by atoms with Crippen molar-refractivity contribution in [2.24, 2.45) is 11.7 Å². The van der Waals surface area contributed by atoms with Gasteiger partial charge in [0.05, 0.1) is 6.54 Å². The summed E-state index contributed by atoms with van der Waals surface area (Å²) in [5.41, 5.74) is 5.50. The minimum atomic E-state index is -0.165. The standard InChI is InChI=1S/C14H20N2O3/c1-10(7-15)14(17)16(2)8-11-9-18-12-5-3-4-6-13(12)19-11/h3-6,10-11H,7-9,15H2,1-2H3. The van der Waals surface area contributed by atoms with Gasteiger partial charge in [-0.2, -0.15) is 0 Å². The van der Waals surface area contributed by atoms with E-state index in [2.05, 4.69) is 0 Å². The summed E-state index contributed by atoms with van der Waals surface area (Å²) in [7, 11) is 1.76. The number of benzene rings is 1. The second-order valence-corrected chi connectivity index (χ2v) is 4.85. The van der Waals surface area contributed by atoms with Crippen LogP contribution in [0.1, 0.15) is 6.92 Å². The number of carbonyl (C=O) groups excluding carboxylic acids is 1. The monoisotopic (exact) mass is 264 g/mol. The Morgan fingerprint density at radius 3 is 2.84 bits per heavy atom. The van der Waals surface area contributed by atoms with E-state index in [9.17, 15) is 4.79 Å². The van der Waals surface area contributed by atoms with Gasteiger partial charge in [-0.1, -0.05) is 19.1 Å². The number of fused-ring (bicyclic) bond motifs is 1. The van der Waals surface area contributed by atoms with Crippen molar-refractivity contribution in [2.75, 3.05) is 26.7 Å². The molecule has 0 aliphatic carbocycles. The quantitative estimate of drug-likeness (QED) is 0.876. The number of carbonyl (C=O) groups is 1. The number of amides is 1. The molecule has 1 aromatic rings. The second-order valence-electron chi connectivity index (χ2n) is 4.85. The van der Waals surface area contributed by atoms with Crippen LogP contribution >= 0.6 is 0 Å². The van der Waals surface area contributed by atoms with Crippen molar-refractivity contribution in [3.8, 4) is 11.5 Å². The molecule has 0 saturated carbocycles. The molecular weight excluding hydrogens is 244 g/mol. The zero-order valence-electron chi connectivity index (χ0n) is 11.3. The Bertz CT molecular complexity index is 450. The molecule has 5 nitrogen and oxygen atoms in total. The zero-order valence-corrected chi connectivity index (χ0v) is 11.3. The zero-order chi connectivity index (χ0) is 13.8. The number of hydrogen-bond acceptors (Lipinski definition) is 4. The van der Waals surface area contributed by atoms with Gasteiger partial charge >= 0.3 is 0 Å². The molecule has 0 saturated heterocycles. The smallest absolute Gasteiger partial charge is 0.226 e. The molecule has 0 aromatic heterocycles. The summed E-state index contributed by atoms with van der Waals surface area (Å²) < 4.78 is 11.4. The van der Waals surface area contributed by atoms with Gasteiger partial charge in [0.1, 0.15) is 6.61 Å². The van der Waals surface area contributed by atoms with Crippen LogP contribution in [0.3, 0.4) is 0 Å². The maximum Gasteiger partial charge on any atom is 0.226 e. The number of rotatable bonds is 4. The first-order valence-corrected chi connectivity index (χ1v) is 6.45. The maximum atomic E-state index is 11.9. The van der Waals surface area contributed by atoms with Gasteiger partial charge in [0.15, 0.2) is 17.6 Å². The molecule has 1 aliphatic heterocycles. The van der Waals surface area contributed by atoms with Gasteiger partial charge in [-0.05, 0) is 12.1 Å². The molecule has 1 aliphatic rings. The van der Waals surface area contributed by atoms with E-state index in [1.54, 1.807) is 11.9 Å². The molecule has 104 valence electrons. The van der Waals surface area contributed by atoms with Crippen molar-refractivity contribution in [3.05, 3.63) is 24.3 Å². The van der Waals surface area contributed by atoms with Crippen LogP contribution in [0.2, 0.25) is 0 Å². The lowest BCUT2D eigenvalue weighted by Crippen LogP contribution is -2.44. The van der Waals surface area contributed by atoms with E-state index in [-0.39, 0.29) is 17.9 Å². The van der Waals surface area contributed by atoms with Gasteiger partial charge in [0.25, 0.3) is 0 Å². The summed E-state index contributed by atoms with van der Waals surface area (Å²) in [5, 5.41) is 0. The van der Waals surface area contributed by atoms with Crippen molar-refractivity contribution >= 4 is 5.91 Å². The number of likely N-dealkylation sites (N-methyl/N-ethyl adjacent to an activating group) is 1. The molecule has 0 fully saturated rings.